The summed E-state index contributed by atoms with van der Waals surface area (Å²) >= 11 is 5.14. The van der Waals surface area contributed by atoms with Crippen LogP contribution in [-0.4, -0.2) is 23.7 Å². The Hall–Kier alpha value is -1.88. The zero-order valence-corrected chi connectivity index (χ0v) is 11.8. The number of rotatable bonds is 5. The van der Waals surface area contributed by atoms with Crippen LogP contribution in [0.4, 0.5) is 0 Å². The van der Waals surface area contributed by atoms with Crippen LogP contribution in [0.1, 0.15) is 13.3 Å². The highest BCUT2D eigenvalue weighted by atomic mass is 32.1. The summed E-state index contributed by atoms with van der Waals surface area (Å²) in [4.78, 5) is 7.07. The molecule has 0 amide bonds. The molecule has 0 aliphatic carbocycles. The van der Waals surface area contributed by atoms with E-state index >= 15 is 0 Å². The molecule has 0 radical (unpaired) electrons. The molecule has 0 aliphatic rings. The van der Waals surface area contributed by atoms with E-state index in [9.17, 15) is 0 Å². The van der Waals surface area contributed by atoms with Crippen LogP contribution in [-0.2, 0) is 0 Å². The molecule has 2 rings (SSSR count). The summed E-state index contributed by atoms with van der Waals surface area (Å²) in [6.07, 6.45) is 2.56. The van der Waals surface area contributed by atoms with Crippen LogP contribution < -0.4 is 9.47 Å². The first-order chi connectivity index (χ1) is 9.26. The van der Waals surface area contributed by atoms with Crippen molar-refractivity contribution >= 4 is 12.2 Å². The Bertz CT molecular complexity index is 593. The smallest absolute Gasteiger partial charge is 0.179 e. The van der Waals surface area contributed by atoms with Gasteiger partial charge in [0.25, 0.3) is 0 Å². The average molecular weight is 276 g/mol. The fourth-order valence-electron chi connectivity index (χ4n) is 1.73. The van der Waals surface area contributed by atoms with Crippen molar-refractivity contribution in [2.75, 3.05) is 13.7 Å². The second-order valence-corrected chi connectivity index (χ2v) is 4.38. The maximum Gasteiger partial charge on any atom is 0.179 e. The molecule has 0 unspecified atom stereocenters. The molecule has 5 heteroatoms. The lowest BCUT2D eigenvalue weighted by Gasteiger charge is -2.09. The van der Waals surface area contributed by atoms with Gasteiger partial charge in [-0.1, -0.05) is 19.1 Å². The van der Waals surface area contributed by atoms with Gasteiger partial charge in [-0.15, -0.1) is 0 Å². The minimum atomic E-state index is 0.447. The average Bonchev–Trinajstić information content (AvgIpc) is 2.45. The summed E-state index contributed by atoms with van der Waals surface area (Å²) in [5, 5.41) is 0. The van der Waals surface area contributed by atoms with Crippen molar-refractivity contribution in [3.05, 3.63) is 35.2 Å². The van der Waals surface area contributed by atoms with Crippen molar-refractivity contribution in [3.63, 3.8) is 0 Å². The lowest BCUT2D eigenvalue weighted by molar-refractivity contribution is 0.317. The Balaban J connectivity index is 2.32. The Labute approximate surface area is 117 Å². The molecule has 4 nitrogen and oxygen atoms in total. The van der Waals surface area contributed by atoms with Crippen molar-refractivity contribution in [1.29, 1.82) is 0 Å². The SMILES string of the molecule is CCCOc1ccc(-c2[nH]cnc(=S)c2OC)cc1. The van der Waals surface area contributed by atoms with Gasteiger partial charge in [0, 0.05) is 5.56 Å². The first kappa shape index (κ1) is 13.5. The van der Waals surface area contributed by atoms with E-state index in [-0.39, 0.29) is 0 Å². The number of methoxy groups -OCH3 is 1. The van der Waals surface area contributed by atoms with Crippen LogP contribution in [0.25, 0.3) is 11.3 Å². The van der Waals surface area contributed by atoms with Gasteiger partial charge in [0.15, 0.2) is 10.4 Å². The number of aromatic nitrogens is 2. The Kier molecular flexibility index (Phi) is 4.52. The summed E-state index contributed by atoms with van der Waals surface area (Å²) in [7, 11) is 1.59. The number of nitrogens with zero attached hydrogens (tertiary/aromatic N) is 1. The van der Waals surface area contributed by atoms with Gasteiger partial charge in [0.2, 0.25) is 0 Å². The van der Waals surface area contributed by atoms with Crippen molar-refractivity contribution < 1.29 is 9.47 Å². The van der Waals surface area contributed by atoms with Gasteiger partial charge in [-0.05, 0) is 30.7 Å². The van der Waals surface area contributed by atoms with Crippen LogP contribution >= 0.6 is 12.2 Å². The van der Waals surface area contributed by atoms with Crippen LogP contribution in [0.3, 0.4) is 0 Å². The number of H-pyrrole nitrogens is 1. The van der Waals surface area contributed by atoms with Crippen LogP contribution in [0.2, 0.25) is 0 Å². The molecule has 2 aromatic rings. The molecule has 1 heterocycles. The minimum Gasteiger partial charge on any atom is -0.494 e. The molecule has 1 N–H and O–H groups in total. The number of aromatic amines is 1. The van der Waals surface area contributed by atoms with Gasteiger partial charge in [-0.3, -0.25) is 0 Å². The predicted octanol–water partition coefficient (Wildman–Crippen LogP) is 3.60. The number of nitrogens with one attached hydrogen (secondary N) is 1. The molecular weight excluding hydrogens is 260 g/mol. The number of benzene rings is 1. The summed E-state index contributed by atoms with van der Waals surface area (Å²) in [5.41, 5.74) is 1.80. The zero-order chi connectivity index (χ0) is 13.7. The van der Waals surface area contributed by atoms with Crippen molar-refractivity contribution in [2.45, 2.75) is 13.3 Å². The molecular formula is C14H16N2O2S. The van der Waals surface area contributed by atoms with E-state index in [4.69, 9.17) is 21.7 Å². The standard InChI is InChI=1S/C14H16N2O2S/c1-3-8-18-11-6-4-10(5-7-11)12-13(17-2)14(19)16-9-15-12/h4-7,9H,3,8H2,1-2H3,(H,15,16,19). The normalized spacial score (nSPS) is 10.2. The second kappa shape index (κ2) is 6.33. The molecule has 0 spiro atoms. The zero-order valence-electron chi connectivity index (χ0n) is 11.0. The predicted molar refractivity (Wildman–Crippen MR) is 77.2 cm³/mol. The highest BCUT2D eigenvalue weighted by Crippen LogP contribution is 2.28. The van der Waals surface area contributed by atoms with Crippen molar-refractivity contribution in [3.8, 4) is 22.8 Å². The van der Waals surface area contributed by atoms with Gasteiger partial charge >= 0.3 is 0 Å². The van der Waals surface area contributed by atoms with E-state index in [0.717, 1.165) is 30.0 Å². The molecule has 0 bridgehead atoms. The van der Waals surface area contributed by atoms with Gasteiger partial charge < -0.3 is 14.5 Å². The molecule has 0 aliphatic heterocycles. The van der Waals surface area contributed by atoms with Crippen LogP contribution in [0.5, 0.6) is 11.5 Å². The Morgan fingerprint density at radius 3 is 2.63 bits per heavy atom. The van der Waals surface area contributed by atoms with Gasteiger partial charge in [-0.25, -0.2) is 4.98 Å². The molecule has 1 aromatic carbocycles. The largest absolute Gasteiger partial charge is 0.494 e. The number of hydrogen-bond donors (Lipinski definition) is 1. The monoisotopic (exact) mass is 276 g/mol. The summed E-state index contributed by atoms with van der Waals surface area (Å²) in [6, 6.07) is 7.80. The van der Waals surface area contributed by atoms with Crippen LogP contribution in [0.15, 0.2) is 30.6 Å². The molecule has 1 aromatic heterocycles. The fourth-order valence-corrected chi connectivity index (χ4v) is 1.97. The highest BCUT2D eigenvalue weighted by molar-refractivity contribution is 7.71. The van der Waals surface area contributed by atoms with Gasteiger partial charge in [0.05, 0.1) is 25.7 Å². The molecule has 0 saturated heterocycles. The van der Waals surface area contributed by atoms with Crippen LogP contribution in [0, 0.1) is 4.64 Å². The third-order valence-corrected chi connectivity index (χ3v) is 2.92. The maximum atomic E-state index is 5.55. The van der Waals surface area contributed by atoms with E-state index in [2.05, 4.69) is 16.9 Å². The number of ether oxygens (including phenoxy) is 2. The van der Waals surface area contributed by atoms with E-state index < -0.39 is 0 Å². The van der Waals surface area contributed by atoms with Gasteiger partial charge in [0.1, 0.15) is 5.75 Å². The van der Waals surface area contributed by atoms with E-state index in [1.807, 2.05) is 24.3 Å². The molecule has 0 atom stereocenters. The Morgan fingerprint density at radius 2 is 2.00 bits per heavy atom. The molecule has 0 saturated carbocycles. The topological polar surface area (TPSA) is 47.1 Å². The second-order valence-electron chi connectivity index (χ2n) is 3.99. The lowest BCUT2D eigenvalue weighted by atomic mass is 10.1. The Morgan fingerprint density at radius 1 is 1.26 bits per heavy atom. The van der Waals surface area contributed by atoms with E-state index in [1.165, 1.54) is 0 Å². The summed E-state index contributed by atoms with van der Waals surface area (Å²) < 4.78 is 11.3. The first-order valence-corrected chi connectivity index (χ1v) is 6.52. The molecule has 19 heavy (non-hydrogen) atoms. The van der Waals surface area contributed by atoms with Crippen molar-refractivity contribution in [2.24, 2.45) is 0 Å². The lowest BCUT2D eigenvalue weighted by Crippen LogP contribution is -1.96. The quantitative estimate of drug-likeness (QED) is 0.848. The van der Waals surface area contributed by atoms with E-state index in [1.54, 1.807) is 13.4 Å². The fraction of sp³-hybridized carbons (Fsp3) is 0.286. The molecule has 0 fully saturated rings. The third kappa shape index (κ3) is 3.12. The van der Waals surface area contributed by atoms with Gasteiger partial charge in [-0.2, -0.15) is 0 Å². The van der Waals surface area contributed by atoms with Crippen molar-refractivity contribution in [1.82, 2.24) is 9.97 Å². The highest BCUT2D eigenvalue weighted by Gasteiger charge is 2.08. The third-order valence-electron chi connectivity index (χ3n) is 2.63. The maximum absolute atomic E-state index is 5.55. The summed E-state index contributed by atoms with van der Waals surface area (Å²) in [5.74, 6) is 1.44. The minimum absolute atomic E-state index is 0.447. The summed E-state index contributed by atoms with van der Waals surface area (Å²) in [6.45, 7) is 2.80. The first-order valence-electron chi connectivity index (χ1n) is 6.11. The number of hydrogen-bond acceptors (Lipinski definition) is 4. The molecule has 100 valence electrons. The van der Waals surface area contributed by atoms with E-state index in [0.29, 0.717) is 10.4 Å².